The third-order valence-electron chi connectivity index (χ3n) is 4.08. The first kappa shape index (κ1) is 18.1. The van der Waals surface area contributed by atoms with Gasteiger partial charge < -0.3 is 19.7 Å². The molecule has 132 valence electrons. The highest BCUT2D eigenvalue weighted by Gasteiger charge is 2.24. The fourth-order valence-corrected chi connectivity index (χ4v) is 2.80. The van der Waals surface area contributed by atoms with Gasteiger partial charge in [0.2, 0.25) is 0 Å². The van der Waals surface area contributed by atoms with Crippen molar-refractivity contribution in [1.29, 1.82) is 0 Å². The maximum atomic E-state index is 12.0. The van der Waals surface area contributed by atoms with Crippen molar-refractivity contribution in [3.63, 3.8) is 0 Å². The first-order valence-corrected chi connectivity index (χ1v) is 8.40. The van der Waals surface area contributed by atoms with Crippen LogP contribution >= 0.6 is 0 Å². The standard InChI is InChI=1S/C18H26N2O4/c1-4-23-18(22)20-9-7-15(8-10-20)19-17(21)12-24-16-6-5-13(2)11-14(16)3/h5-6,11,15H,4,7-10,12H2,1-3H3,(H,19,21). The van der Waals surface area contributed by atoms with Gasteiger partial charge in [-0.25, -0.2) is 4.79 Å². The molecule has 1 aliphatic rings. The molecule has 1 fully saturated rings. The molecule has 0 aromatic heterocycles. The van der Waals surface area contributed by atoms with Crippen molar-refractivity contribution in [2.24, 2.45) is 0 Å². The molecule has 6 nitrogen and oxygen atoms in total. The fraction of sp³-hybridized carbons (Fsp3) is 0.556. The van der Waals surface area contributed by atoms with Crippen LogP contribution in [0.1, 0.15) is 30.9 Å². The summed E-state index contributed by atoms with van der Waals surface area (Å²) in [5.74, 6) is 0.595. The van der Waals surface area contributed by atoms with Gasteiger partial charge in [0.15, 0.2) is 6.61 Å². The summed E-state index contributed by atoms with van der Waals surface area (Å²) in [5, 5.41) is 2.97. The van der Waals surface area contributed by atoms with Crippen LogP contribution in [0.25, 0.3) is 0 Å². The lowest BCUT2D eigenvalue weighted by Gasteiger charge is -2.31. The number of rotatable bonds is 5. The maximum Gasteiger partial charge on any atom is 0.409 e. The minimum atomic E-state index is -0.277. The molecule has 0 atom stereocenters. The molecule has 1 aromatic carbocycles. The Labute approximate surface area is 143 Å². The molecule has 0 aliphatic carbocycles. The number of carbonyl (C=O) groups excluding carboxylic acids is 2. The summed E-state index contributed by atoms with van der Waals surface area (Å²) < 4.78 is 10.6. The SMILES string of the molecule is CCOC(=O)N1CCC(NC(=O)COc2ccc(C)cc2C)CC1. The monoisotopic (exact) mass is 334 g/mol. The smallest absolute Gasteiger partial charge is 0.409 e. The van der Waals surface area contributed by atoms with Crippen molar-refractivity contribution in [3.05, 3.63) is 29.3 Å². The second kappa shape index (κ2) is 8.57. The van der Waals surface area contributed by atoms with E-state index in [-0.39, 0.29) is 24.6 Å². The molecular weight excluding hydrogens is 308 g/mol. The molecule has 2 amide bonds. The quantitative estimate of drug-likeness (QED) is 0.898. The lowest BCUT2D eigenvalue weighted by atomic mass is 10.1. The molecule has 1 aromatic rings. The highest BCUT2D eigenvalue weighted by atomic mass is 16.6. The number of nitrogens with one attached hydrogen (secondary N) is 1. The van der Waals surface area contributed by atoms with Gasteiger partial charge >= 0.3 is 6.09 Å². The van der Waals surface area contributed by atoms with Gasteiger partial charge in [-0.05, 0) is 45.2 Å². The number of benzene rings is 1. The van der Waals surface area contributed by atoms with Gasteiger partial charge in [0.25, 0.3) is 5.91 Å². The minimum Gasteiger partial charge on any atom is -0.484 e. The first-order chi connectivity index (χ1) is 11.5. The first-order valence-electron chi connectivity index (χ1n) is 8.40. The van der Waals surface area contributed by atoms with Crippen LogP contribution in [0.3, 0.4) is 0 Å². The van der Waals surface area contributed by atoms with Crippen molar-refractivity contribution in [2.75, 3.05) is 26.3 Å². The molecule has 1 aliphatic heterocycles. The van der Waals surface area contributed by atoms with Gasteiger partial charge in [0.05, 0.1) is 6.61 Å². The Kier molecular flexibility index (Phi) is 6.46. The number of hydrogen-bond donors (Lipinski definition) is 1. The zero-order valence-corrected chi connectivity index (χ0v) is 14.6. The molecule has 0 saturated carbocycles. The third kappa shape index (κ3) is 5.15. The normalized spacial score (nSPS) is 15.0. The predicted molar refractivity (Wildman–Crippen MR) is 91.2 cm³/mol. The van der Waals surface area contributed by atoms with E-state index in [0.29, 0.717) is 19.7 Å². The molecule has 1 N–H and O–H groups in total. The third-order valence-corrected chi connectivity index (χ3v) is 4.08. The van der Waals surface area contributed by atoms with Crippen molar-refractivity contribution in [2.45, 2.75) is 39.7 Å². The number of carbonyl (C=O) groups is 2. The summed E-state index contributed by atoms with van der Waals surface area (Å²) in [6.07, 6.45) is 1.18. The number of ether oxygens (including phenoxy) is 2. The Balaban J connectivity index is 1.73. The van der Waals surface area contributed by atoms with Crippen LogP contribution in [0.15, 0.2) is 18.2 Å². The van der Waals surface area contributed by atoms with Crippen molar-refractivity contribution >= 4 is 12.0 Å². The molecule has 1 saturated heterocycles. The maximum absolute atomic E-state index is 12.0. The summed E-state index contributed by atoms with van der Waals surface area (Å²) in [5.41, 5.74) is 2.18. The minimum absolute atomic E-state index is 0.00198. The number of likely N-dealkylation sites (tertiary alicyclic amines) is 1. The summed E-state index contributed by atoms with van der Waals surface area (Å²) in [6, 6.07) is 5.95. The zero-order valence-electron chi connectivity index (χ0n) is 14.6. The van der Waals surface area contributed by atoms with Gasteiger partial charge in [-0.1, -0.05) is 17.7 Å². The number of nitrogens with zero attached hydrogens (tertiary/aromatic N) is 1. The average molecular weight is 334 g/mol. The van der Waals surface area contributed by atoms with Gasteiger partial charge in [-0.3, -0.25) is 4.79 Å². The number of piperidine rings is 1. The molecule has 0 spiro atoms. The predicted octanol–water partition coefficient (Wildman–Crippen LogP) is 2.42. The van der Waals surface area contributed by atoms with Crippen LogP contribution in [0.4, 0.5) is 4.79 Å². The lowest BCUT2D eigenvalue weighted by molar-refractivity contribution is -0.124. The van der Waals surface area contributed by atoms with Crippen LogP contribution in [0.5, 0.6) is 5.75 Å². The van der Waals surface area contributed by atoms with Crippen LogP contribution in [-0.2, 0) is 9.53 Å². The molecule has 6 heteroatoms. The van der Waals surface area contributed by atoms with Gasteiger partial charge in [-0.2, -0.15) is 0 Å². The van der Waals surface area contributed by atoms with E-state index in [0.717, 1.165) is 29.7 Å². The second-order valence-corrected chi connectivity index (χ2v) is 6.09. The second-order valence-electron chi connectivity index (χ2n) is 6.09. The summed E-state index contributed by atoms with van der Waals surface area (Å²) >= 11 is 0. The van der Waals surface area contributed by atoms with Crippen molar-refractivity contribution < 1.29 is 19.1 Å². The molecule has 0 radical (unpaired) electrons. The Hall–Kier alpha value is -2.24. The highest BCUT2D eigenvalue weighted by Crippen LogP contribution is 2.18. The van der Waals surface area contributed by atoms with E-state index < -0.39 is 0 Å². The zero-order chi connectivity index (χ0) is 17.5. The Morgan fingerprint density at radius 2 is 1.96 bits per heavy atom. The number of aryl methyl sites for hydroxylation is 2. The Morgan fingerprint density at radius 1 is 1.25 bits per heavy atom. The fourth-order valence-electron chi connectivity index (χ4n) is 2.80. The molecule has 24 heavy (non-hydrogen) atoms. The van der Waals surface area contributed by atoms with E-state index in [1.165, 1.54) is 0 Å². The van der Waals surface area contributed by atoms with E-state index >= 15 is 0 Å². The summed E-state index contributed by atoms with van der Waals surface area (Å²) in [6.45, 7) is 7.36. The number of amides is 2. The molecule has 2 rings (SSSR count). The average Bonchev–Trinajstić information content (AvgIpc) is 2.55. The molecule has 0 unspecified atom stereocenters. The van der Waals surface area contributed by atoms with Gasteiger partial charge in [0.1, 0.15) is 5.75 Å². The summed E-state index contributed by atoms with van der Waals surface area (Å²) in [7, 11) is 0. The van der Waals surface area contributed by atoms with E-state index in [9.17, 15) is 9.59 Å². The van der Waals surface area contributed by atoms with Crippen molar-refractivity contribution in [3.8, 4) is 5.75 Å². The van der Waals surface area contributed by atoms with E-state index in [4.69, 9.17) is 9.47 Å². The molecular formula is C18H26N2O4. The van der Waals surface area contributed by atoms with Crippen molar-refractivity contribution in [1.82, 2.24) is 10.2 Å². The Bertz CT molecular complexity index is 580. The number of hydrogen-bond acceptors (Lipinski definition) is 4. The van der Waals surface area contributed by atoms with E-state index in [2.05, 4.69) is 5.32 Å². The van der Waals surface area contributed by atoms with E-state index in [1.807, 2.05) is 32.0 Å². The highest BCUT2D eigenvalue weighted by molar-refractivity contribution is 5.78. The van der Waals surface area contributed by atoms with Crippen LogP contribution < -0.4 is 10.1 Å². The lowest BCUT2D eigenvalue weighted by Crippen LogP contribution is -2.47. The molecule has 1 heterocycles. The van der Waals surface area contributed by atoms with Gasteiger partial charge in [0, 0.05) is 19.1 Å². The Morgan fingerprint density at radius 3 is 2.58 bits per heavy atom. The van der Waals surface area contributed by atoms with E-state index in [1.54, 1.807) is 11.8 Å². The largest absolute Gasteiger partial charge is 0.484 e. The topological polar surface area (TPSA) is 67.9 Å². The summed E-state index contributed by atoms with van der Waals surface area (Å²) in [4.78, 5) is 25.4. The van der Waals surface area contributed by atoms with Crippen LogP contribution in [-0.4, -0.2) is 49.2 Å². The van der Waals surface area contributed by atoms with Gasteiger partial charge in [-0.15, -0.1) is 0 Å². The molecule has 0 bridgehead atoms. The van der Waals surface area contributed by atoms with Crippen LogP contribution in [0, 0.1) is 13.8 Å². The van der Waals surface area contributed by atoms with Crippen LogP contribution in [0.2, 0.25) is 0 Å².